The number of piperazine rings is 1. The van der Waals surface area contributed by atoms with E-state index in [0.717, 1.165) is 69.6 Å². The number of anilines is 1. The van der Waals surface area contributed by atoms with Crippen molar-refractivity contribution in [2.24, 2.45) is 7.05 Å². The van der Waals surface area contributed by atoms with Gasteiger partial charge in [-0.3, -0.25) is 4.79 Å². The molecule has 1 amide bonds. The lowest BCUT2D eigenvalue weighted by Crippen LogP contribution is -2.45. The summed E-state index contributed by atoms with van der Waals surface area (Å²) in [4.78, 5) is 33.1. The number of rotatable bonds is 3. The number of carbonyl (C=O) groups is 1. The second-order valence-corrected chi connectivity index (χ2v) is 7.92. The number of carbonyl (C=O) groups excluding carboxylic acids is 1. The molecule has 0 spiro atoms. The Morgan fingerprint density at radius 3 is 2.36 bits per heavy atom. The summed E-state index contributed by atoms with van der Waals surface area (Å²) >= 11 is 0. The molecule has 0 aromatic carbocycles. The molecule has 0 N–H and O–H groups in total. The van der Waals surface area contributed by atoms with Gasteiger partial charge in [0.1, 0.15) is 5.82 Å². The highest BCUT2D eigenvalue weighted by Gasteiger charge is 2.28. The van der Waals surface area contributed by atoms with E-state index in [4.69, 9.17) is 0 Å². The third kappa shape index (κ3) is 3.73. The van der Waals surface area contributed by atoms with E-state index in [-0.39, 0.29) is 5.91 Å². The number of likely N-dealkylation sites (tertiary alicyclic amines) is 1. The van der Waals surface area contributed by atoms with Crippen LogP contribution < -0.4 is 4.90 Å². The molecule has 4 rings (SSSR count). The highest BCUT2D eigenvalue weighted by Crippen LogP contribution is 2.27. The number of hydrogen-bond acceptors (Lipinski definition) is 6. The van der Waals surface area contributed by atoms with Gasteiger partial charge in [-0.25, -0.2) is 15.0 Å². The monoisotopic (exact) mass is 383 g/mol. The van der Waals surface area contributed by atoms with Crippen LogP contribution in [0.5, 0.6) is 0 Å². The summed E-state index contributed by atoms with van der Waals surface area (Å²) in [5.41, 5.74) is 1.38. The van der Waals surface area contributed by atoms with Gasteiger partial charge < -0.3 is 19.3 Å². The Bertz CT molecular complexity index is 833. The number of nitrogens with zero attached hydrogens (tertiary/aromatic N) is 7. The summed E-state index contributed by atoms with van der Waals surface area (Å²) in [6.45, 7) is 7.26. The maximum absolute atomic E-state index is 13.0. The molecular weight excluding hydrogens is 354 g/mol. The molecule has 2 aromatic rings. The minimum absolute atomic E-state index is 0.0423. The van der Waals surface area contributed by atoms with Gasteiger partial charge >= 0.3 is 0 Å². The summed E-state index contributed by atoms with van der Waals surface area (Å²) in [5, 5.41) is 0. The number of piperidine rings is 1. The van der Waals surface area contributed by atoms with E-state index in [9.17, 15) is 4.79 Å². The Morgan fingerprint density at radius 2 is 1.75 bits per heavy atom. The average molecular weight is 384 g/mol. The zero-order valence-electron chi connectivity index (χ0n) is 17.0. The maximum Gasteiger partial charge on any atom is 0.257 e. The maximum atomic E-state index is 13.0. The van der Waals surface area contributed by atoms with Crippen molar-refractivity contribution in [1.29, 1.82) is 0 Å². The summed E-state index contributed by atoms with van der Waals surface area (Å²) in [5.74, 6) is 2.31. The van der Waals surface area contributed by atoms with Gasteiger partial charge in [0.25, 0.3) is 5.91 Å². The quantitative estimate of drug-likeness (QED) is 0.796. The third-order valence-corrected chi connectivity index (χ3v) is 5.99. The van der Waals surface area contributed by atoms with Crippen LogP contribution in [0.1, 0.15) is 40.6 Å². The average Bonchev–Trinajstić information content (AvgIpc) is 3.14. The smallest absolute Gasteiger partial charge is 0.257 e. The number of imidazole rings is 1. The van der Waals surface area contributed by atoms with Gasteiger partial charge in [0.2, 0.25) is 5.95 Å². The van der Waals surface area contributed by atoms with E-state index < -0.39 is 0 Å². The first-order chi connectivity index (χ1) is 13.5. The van der Waals surface area contributed by atoms with E-state index in [2.05, 4.69) is 36.4 Å². The van der Waals surface area contributed by atoms with Crippen LogP contribution in [0, 0.1) is 6.92 Å². The van der Waals surface area contributed by atoms with Crippen molar-refractivity contribution < 1.29 is 4.79 Å². The first-order valence-electron chi connectivity index (χ1n) is 10.1. The van der Waals surface area contributed by atoms with E-state index >= 15 is 0 Å². The van der Waals surface area contributed by atoms with Crippen molar-refractivity contribution in [3.8, 4) is 0 Å². The molecule has 150 valence electrons. The molecule has 2 fully saturated rings. The number of aromatic nitrogens is 4. The summed E-state index contributed by atoms with van der Waals surface area (Å²) in [7, 11) is 4.16. The number of likely N-dealkylation sites (N-methyl/N-ethyl adjacent to an activating group) is 1. The lowest BCUT2D eigenvalue weighted by atomic mass is 9.95. The highest BCUT2D eigenvalue weighted by molar-refractivity contribution is 5.95. The molecule has 0 aliphatic carbocycles. The van der Waals surface area contributed by atoms with Gasteiger partial charge in [0.15, 0.2) is 0 Å². The topological polar surface area (TPSA) is 70.4 Å². The molecule has 28 heavy (non-hydrogen) atoms. The van der Waals surface area contributed by atoms with Crippen molar-refractivity contribution in [1.82, 2.24) is 29.3 Å². The van der Waals surface area contributed by atoms with E-state index in [1.54, 1.807) is 6.20 Å². The molecule has 2 aliphatic rings. The molecule has 0 bridgehead atoms. The van der Waals surface area contributed by atoms with Crippen LogP contribution in [0.2, 0.25) is 0 Å². The Kier molecular flexibility index (Phi) is 5.30. The predicted molar refractivity (Wildman–Crippen MR) is 108 cm³/mol. The number of hydrogen-bond donors (Lipinski definition) is 0. The van der Waals surface area contributed by atoms with Crippen LogP contribution in [0.25, 0.3) is 0 Å². The Labute approximate surface area is 166 Å². The van der Waals surface area contributed by atoms with Crippen molar-refractivity contribution >= 4 is 11.9 Å². The standard InChI is InChI=1S/C20H29N7O/c1-15-17(14-22-20(23-15)27-12-10-24(2)11-13-27)19(28)26-7-4-16(5-8-26)18-21-6-9-25(18)3/h6,9,14,16H,4-5,7-8,10-13H2,1-3H3. The third-order valence-electron chi connectivity index (χ3n) is 5.99. The largest absolute Gasteiger partial charge is 0.338 e. The van der Waals surface area contributed by atoms with Crippen molar-refractivity contribution in [3.05, 3.63) is 35.7 Å². The Hall–Kier alpha value is -2.48. The zero-order chi connectivity index (χ0) is 19.7. The fraction of sp³-hybridized carbons (Fsp3) is 0.600. The van der Waals surface area contributed by atoms with Crippen LogP contribution in [-0.4, -0.2) is 81.5 Å². The second kappa shape index (κ2) is 7.87. The van der Waals surface area contributed by atoms with Crippen molar-refractivity contribution in [2.75, 3.05) is 51.2 Å². The SMILES string of the molecule is Cc1nc(N2CCN(C)CC2)ncc1C(=O)N1CCC(c2nccn2C)CC1. The molecule has 2 aromatic heterocycles. The van der Waals surface area contributed by atoms with Gasteiger partial charge in [-0.2, -0.15) is 0 Å². The fourth-order valence-corrected chi connectivity index (χ4v) is 4.11. The fourth-order valence-electron chi connectivity index (χ4n) is 4.11. The molecular formula is C20H29N7O. The molecule has 0 unspecified atom stereocenters. The van der Waals surface area contributed by atoms with Gasteiger partial charge in [-0.05, 0) is 26.8 Å². The van der Waals surface area contributed by atoms with Gasteiger partial charge in [0, 0.05) is 70.8 Å². The highest BCUT2D eigenvalue weighted by atomic mass is 16.2. The van der Waals surface area contributed by atoms with E-state index in [0.29, 0.717) is 11.5 Å². The lowest BCUT2D eigenvalue weighted by Gasteiger charge is -2.33. The van der Waals surface area contributed by atoms with Gasteiger partial charge in [-0.15, -0.1) is 0 Å². The van der Waals surface area contributed by atoms with E-state index in [1.165, 1.54) is 0 Å². The van der Waals surface area contributed by atoms with Crippen LogP contribution in [-0.2, 0) is 7.05 Å². The Balaban J connectivity index is 1.40. The molecule has 8 heteroatoms. The molecule has 0 radical (unpaired) electrons. The number of aryl methyl sites for hydroxylation is 2. The van der Waals surface area contributed by atoms with Crippen LogP contribution in [0.4, 0.5) is 5.95 Å². The van der Waals surface area contributed by atoms with Crippen LogP contribution >= 0.6 is 0 Å². The van der Waals surface area contributed by atoms with E-state index in [1.807, 2.05) is 31.3 Å². The number of amides is 1. The van der Waals surface area contributed by atoms with Crippen LogP contribution in [0.15, 0.2) is 18.6 Å². The minimum Gasteiger partial charge on any atom is -0.338 e. The second-order valence-electron chi connectivity index (χ2n) is 7.92. The molecule has 4 heterocycles. The predicted octanol–water partition coefficient (Wildman–Crippen LogP) is 1.29. The zero-order valence-corrected chi connectivity index (χ0v) is 17.0. The molecule has 8 nitrogen and oxygen atoms in total. The first kappa shape index (κ1) is 18.9. The lowest BCUT2D eigenvalue weighted by molar-refractivity contribution is 0.0709. The molecule has 2 saturated heterocycles. The summed E-state index contributed by atoms with van der Waals surface area (Å²) < 4.78 is 2.08. The Morgan fingerprint density at radius 1 is 1.04 bits per heavy atom. The van der Waals surface area contributed by atoms with Gasteiger partial charge in [0.05, 0.1) is 11.3 Å². The summed E-state index contributed by atoms with van der Waals surface area (Å²) in [6.07, 6.45) is 7.42. The summed E-state index contributed by atoms with van der Waals surface area (Å²) in [6, 6.07) is 0. The normalized spacial score (nSPS) is 19.2. The molecule has 2 aliphatic heterocycles. The molecule has 0 atom stereocenters. The molecule has 0 saturated carbocycles. The van der Waals surface area contributed by atoms with Crippen molar-refractivity contribution in [2.45, 2.75) is 25.7 Å². The van der Waals surface area contributed by atoms with Gasteiger partial charge in [-0.1, -0.05) is 0 Å². The van der Waals surface area contributed by atoms with Crippen LogP contribution in [0.3, 0.4) is 0 Å². The minimum atomic E-state index is 0.0423. The van der Waals surface area contributed by atoms with Crippen molar-refractivity contribution in [3.63, 3.8) is 0 Å². The first-order valence-corrected chi connectivity index (χ1v) is 10.1.